The number of rotatable bonds is 0. The summed E-state index contributed by atoms with van der Waals surface area (Å²) in [6.07, 6.45) is 0. The molecule has 0 saturated carbocycles. The van der Waals surface area contributed by atoms with E-state index in [9.17, 15) is 13.6 Å². The molecule has 102 valence electrons. The van der Waals surface area contributed by atoms with E-state index in [0.717, 1.165) is 0 Å². The van der Waals surface area contributed by atoms with Crippen molar-refractivity contribution in [1.29, 1.82) is 0 Å². The molecule has 0 saturated heterocycles. The van der Waals surface area contributed by atoms with Gasteiger partial charge in [0.05, 0.1) is 5.39 Å². The van der Waals surface area contributed by atoms with Crippen LogP contribution < -0.4 is 5.43 Å². The van der Waals surface area contributed by atoms with Crippen molar-refractivity contribution in [2.45, 2.75) is 0 Å². The van der Waals surface area contributed by atoms with E-state index in [1.165, 1.54) is 30.3 Å². The molecule has 0 spiro atoms. The van der Waals surface area contributed by atoms with Gasteiger partial charge >= 0.3 is 0 Å². The van der Waals surface area contributed by atoms with Crippen molar-refractivity contribution < 1.29 is 13.2 Å². The molecule has 0 fully saturated rings. The minimum Gasteiger partial charge on any atom is -0.456 e. The third kappa shape index (κ3) is 1.72. The summed E-state index contributed by atoms with van der Waals surface area (Å²) >= 11 is 0. The Hall–Kier alpha value is -2.75. The molecule has 4 aromatic rings. The topological polar surface area (TPSA) is 30.2 Å². The fourth-order valence-electron chi connectivity index (χ4n) is 2.57. The second-order valence-corrected chi connectivity index (χ2v) is 4.88. The van der Waals surface area contributed by atoms with Crippen molar-refractivity contribution in [3.05, 3.63) is 70.4 Å². The molecular weight excluding hydrogens is 274 g/mol. The molecule has 0 aliphatic carbocycles. The molecule has 0 unspecified atom stereocenters. The summed E-state index contributed by atoms with van der Waals surface area (Å²) in [7, 11) is 0. The minimum atomic E-state index is -0.609. The molecule has 1 heterocycles. The molecule has 4 rings (SSSR count). The van der Waals surface area contributed by atoms with E-state index in [2.05, 4.69) is 0 Å². The Bertz CT molecular complexity index is 1080. The highest BCUT2D eigenvalue weighted by Gasteiger charge is 2.12. The maximum absolute atomic E-state index is 13.8. The fraction of sp³-hybridized carbons (Fsp3) is 0. The summed E-state index contributed by atoms with van der Waals surface area (Å²) in [5.41, 5.74) is 0.0787. The molecule has 21 heavy (non-hydrogen) atoms. The highest BCUT2D eigenvalue weighted by molar-refractivity contribution is 5.99. The zero-order valence-electron chi connectivity index (χ0n) is 10.7. The minimum absolute atomic E-state index is 0.0635. The van der Waals surface area contributed by atoms with Crippen LogP contribution in [0, 0.1) is 11.6 Å². The van der Waals surface area contributed by atoms with E-state index in [-0.39, 0.29) is 22.2 Å². The van der Waals surface area contributed by atoms with E-state index in [4.69, 9.17) is 4.42 Å². The first-order valence-corrected chi connectivity index (χ1v) is 6.38. The van der Waals surface area contributed by atoms with Gasteiger partial charge in [0.2, 0.25) is 5.43 Å². The van der Waals surface area contributed by atoms with Gasteiger partial charge in [0.1, 0.15) is 28.2 Å². The SMILES string of the molecule is O=c1c2cc3ccc(F)cc3cc2oc2cccc(F)c12. The van der Waals surface area contributed by atoms with Gasteiger partial charge in [0, 0.05) is 0 Å². The first kappa shape index (κ1) is 12.0. The van der Waals surface area contributed by atoms with Crippen LogP contribution in [0.5, 0.6) is 0 Å². The summed E-state index contributed by atoms with van der Waals surface area (Å²) in [5.74, 6) is -0.974. The Morgan fingerprint density at radius 1 is 0.857 bits per heavy atom. The van der Waals surface area contributed by atoms with Gasteiger partial charge in [0.25, 0.3) is 0 Å². The Morgan fingerprint density at radius 3 is 2.57 bits per heavy atom. The highest BCUT2D eigenvalue weighted by atomic mass is 19.1. The van der Waals surface area contributed by atoms with E-state index in [1.807, 2.05) is 0 Å². The molecule has 3 aromatic carbocycles. The van der Waals surface area contributed by atoms with E-state index < -0.39 is 11.2 Å². The van der Waals surface area contributed by atoms with Gasteiger partial charge in [-0.1, -0.05) is 12.1 Å². The smallest absolute Gasteiger partial charge is 0.203 e. The summed E-state index contributed by atoms with van der Waals surface area (Å²) in [4.78, 5) is 12.4. The van der Waals surface area contributed by atoms with Gasteiger partial charge in [-0.25, -0.2) is 8.78 Å². The van der Waals surface area contributed by atoms with Crippen molar-refractivity contribution >= 4 is 32.7 Å². The standard InChI is InChI=1S/C17H8F2O2/c18-11-5-4-9-7-12-15(8-10(9)6-11)21-14-3-1-2-13(19)16(14)17(12)20/h1-8H. The second-order valence-electron chi connectivity index (χ2n) is 4.88. The van der Waals surface area contributed by atoms with E-state index in [0.29, 0.717) is 16.4 Å². The predicted molar refractivity (Wildman–Crippen MR) is 77.4 cm³/mol. The van der Waals surface area contributed by atoms with Crippen LogP contribution in [0.25, 0.3) is 32.7 Å². The molecule has 0 bridgehead atoms. The third-order valence-electron chi connectivity index (χ3n) is 3.57. The third-order valence-corrected chi connectivity index (χ3v) is 3.57. The van der Waals surface area contributed by atoms with Gasteiger partial charge in [-0.3, -0.25) is 4.79 Å². The lowest BCUT2D eigenvalue weighted by Gasteiger charge is -2.04. The maximum Gasteiger partial charge on any atom is 0.203 e. The summed E-state index contributed by atoms with van der Waals surface area (Å²) in [6.45, 7) is 0. The zero-order valence-corrected chi connectivity index (χ0v) is 10.7. The van der Waals surface area contributed by atoms with Gasteiger partial charge in [-0.05, 0) is 47.2 Å². The Morgan fingerprint density at radius 2 is 1.71 bits per heavy atom. The number of fused-ring (bicyclic) bond motifs is 3. The monoisotopic (exact) mass is 282 g/mol. The lowest BCUT2D eigenvalue weighted by molar-refractivity contribution is 0.625. The van der Waals surface area contributed by atoms with Crippen LogP contribution in [0.2, 0.25) is 0 Å². The molecule has 0 aliphatic heterocycles. The van der Waals surface area contributed by atoms with Crippen molar-refractivity contribution in [3.63, 3.8) is 0 Å². The van der Waals surface area contributed by atoms with Crippen molar-refractivity contribution in [3.8, 4) is 0 Å². The van der Waals surface area contributed by atoms with Gasteiger partial charge in [-0.15, -0.1) is 0 Å². The molecular formula is C17H8F2O2. The van der Waals surface area contributed by atoms with Crippen LogP contribution in [-0.4, -0.2) is 0 Å². The molecule has 0 aliphatic rings. The van der Waals surface area contributed by atoms with Crippen LogP contribution in [-0.2, 0) is 0 Å². The highest BCUT2D eigenvalue weighted by Crippen LogP contribution is 2.25. The average Bonchev–Trinajstić information content (AvgIpc) is 2.45. The summed E-state index contributed by atoms with van der Waals surface area (Å²) in [6, 6.07) is 11.7. The van der Waals surface area contributed by atoms with Gasteiger partial charge in [0.15, 0.2) is 0 Å². The van der Waals surface area contributed by atoms with Crippen LogP contribution in [0.15, 0.2) is 57.7 Å². The molecule has 2 nitrogen and oxygen atoms in total. The summed E-state index contributed by atoms with van der Waals surface area (Å²) in [5, 5.41) is 1.55. The van der Waals surface area contributed by atoms with Crippen LogP contribution in [0.4, 0.5) is 8.78 Å². The second kappa shape index (κ2) is 4.12. The number of hydrogen-bond donors (Lipinski definition) is 0. The Labute approximate surface area is 117 Å². The quantitative estimate of drug-likeness (QED) is 0.448. The van der Waals surface area contributed by atoms with E-state index >= 15 is 0 Å². The van der Waals surface area contributed by atoms with Crippen LogP contribution in [0.1, 0.15) is 0 Å². The fourth-order valence-corrected chi connectivity index (χ4v) is 2.57. The van der Waals surface area contributed by atoms with E-state index in [1.54, 1.807) is 18.2 Å². The molecule has 1 aromatic heterocycles. The Kier molecular flexibility index (Phi) is 2.36. The lowest BCUT2D eigenvalue weighted by atomic mass is 10.1. The normalized spacial score (nSPS) is 11.5. The summed E-state index contributed by atoms with van der Waals surface area (Å²) < 4.78 is 32.7. The molecule has 0 amide bonds. The number of halogens is 2. The van der Waals surface area contributed by atoms with Crippen molar-refractivity contribution in [2.24, 2.45) is 0 Å². The largest absolute Gasteiger partial charge is 0.456 e. The Balaban J connectivity index is 2.26. The average molecular weight is 282 g/mol. The van der Waals surface area contributed by atoms with Crippen LogP contribution >= 0.6 is 0 Å². The van der Waals surface area contributed by atoms with Crippen molar-refractivity contribution in [1.82, 2.24) is 0 Å². The predicted octanol–water partition coefficient (Wildman–Crippen LogP) is 4.38. The molecule has 0 N–H and O–H groups in total. The molecule has 0 radical (unpaired) electrons. The molecule has 0 atom stereocenters. The first-order chi connectivity index (χ1) is 10.1. The van der Waals surface area contributed by atoms with Gasteiger partial charge < -0.3 is 4.42 Å². The van der Waals surface area contributed by atoms with Gasteiger partial charge in [-0.2, -0.15) is 0 Å². The number of hydrogen-bond acceptors (Lipinski definition) is 2. The number of benzene rings is 3. The lowest BCUT2D eigenvalue weighted by Crippen LogP contribution is -2.04. The van der Waals surface area contributed by atoms with Crippen molar-refractivity contribution in [2.75, 3.05) is 0 Å². The zero-order chi connectivity index (χ0) is 14.6. The maximum atomic E-state index is 13.8. The molecule has 4 heteroatoms. The first-order valence-electron chi connectivity index (χ1n) is 6.38. The van der Waals surface area contributed by atoms with Crippen LogP contribution in [0.3, 0.4) is 0 Å².